The highest BCUT2D eigenvalue weighted by atomic mass is 16.5. The van der Waals surface area contributed by atoms with Gasteiger partial charge in [-0.1, -0.05) is 18.2 Å². The van der Waals surface area contributed by atoms with Gasteiger partial charge in [0.25, 0.3) is 11.8 Å². The van der Waals surface area contributed by atoms with Crippen molar-refractivity contribution in [1.29, 1.82) is 0 Å². The highest BCUT2D eigenvalue weighted by Gasteiger charge is 2.37. The predicted molar refractivity (Wildman–Crippen MR) is 110 cm³/mol. The van der Waals surface area contributed by atoms with Gasteiger partial charge in [0.1, 0.15) is 17.1 Å². The van der Waals surface area contributed by atoms with E-state index in [1.54, 1.807) is 22.1 Å². The average molecular weight is 406 g/mol. The second-order valence-corrected chi connectivity index (χ2v) is 7.45. The number of hydrogen-bond acceptors (Lipinski definition) is 5. The molecule has 0 saturated carbocycles. The van der Waals surface area contributed by atoms with Crippen molar-refractivity contribution in [3.8, 4) is 5.75 Å². The Kier molecular flexibility index (Phi) is 4.63. The maximum atomic E-state index is 13.4. The molecule has 1 atom stereocenters. The van der Waals surface area contributed by atoms with Crippen LogP contribution in [0.5, 0.6) is 5.75 Å². The number of fused-ring (bicyclic) bond motifs is 2. The summed E-state index contributed by atoms with van der Waals surface area (Å²) in [5, 5.41) is 0. The number of ether oxygens (including phenoxy) is 2. The number of aryl methyl sites for hydroxylation is 1. The Bertz CT molecular complexity index is 1120. The van der Waals surface area contributed by atoms with E-state index in [1.807, 2.05) is 47.7 Å². The Balaban J connectivity index is 1.48. The molecule has 2 aliphatic rings. The van der Waals surface area contributed by atoms with Gasteiger partial charge in [-0.05, 0) is 31.2 Å². The predicted octanol–water partition coefficient (Wildman–Crippen LogP) is 1.91. The molecule has 0 N–H and O–H groups in total. The van der Waals surface area contributed by atoms with Crippen LogP contribution in [0.25, 0.3) is 5.65 Å². The summed E-state index contributed by atoms with van der Waals surface area (Å²) in [5.41, 5.74) is 2.67. The van der Waals surface area contributed by atoms with E-state index in [-0.39, 0.29) is 18.4 Å². The first-order valence-electron chi connectivity index (χ1n) is 10.0. The number of carbonyl (C=O) groups excluding carboxylic acids is 2. The van der Waals surface area contributed by atoms with Crippen LogP contribution in [-0.2, 0) is 9.53 Å². The average Bonchev–Trinajstić information content (AvgIpc) is 3.24. The third-order valence-electron chi connectivity index (χ3n) is 5.53. The van der Waals surface area contributed by atoms with E-state index in [4.69, 9.17) is 9.47 Å². The lowest BCUT2D eigenvalue weighted by Gasteiger charge is -2.37. The van der Waals surface area contributed by atoms with Crippen molar-refractivity contribution >= 4 is 23.1 Å². The monoisotopic (exact) mass is 406 g/mol. The summed E-state index contributed by atoms with van der Waals surface area (Å²) in [6.07, 6.45) is 0.977. The van der Waals surface area contributed by atoms with E-state index < -0.39 is 6.10 Å². The third-order valence-corrected chi connectivity index (χ3v) is 5.53. The SMILES string of the molecule is Cc1cccc2nc(C(=O)N3C[C@H](C(=O)N4CCOCC4)Oc4ccccc43)cn12. The van der Waals surface area contributed by atoms with Crippen molar-refractivity contribution in [3.63, 3.8) is 0 Å². The number of nitrogens with zero attached hydrogens (tertiary/aromatic N) is 4. The molecule has 0 aliphatic carbocycles. The van der Waals surface area contributed by atoms with Crippen LogP contribution in [0.3, 0.4) is 0 Å². The van der Waals surface area contributed by atoms with Crippen LogP contribution in [0.1, 0.15) is 16.2 Å². The van der Waals surface area contributed by atoms with Gasteiger partial charge < -0.3 is 18.8 Å². The number of carbonyl (C=O) groups is 2. The van der Waals surface area contributed by atoms with Gasteiger partial charge in [-0.25, -0.2) is 4.98 Å². The fourth-order valence-corrected chi connectivity index (χ4v) is 3.93. The summed E-state index contributed by atoms with van der Waals surface area (Å²) >= 11 is 0. The lowest BCUT2D eigenvalue weighted by molar-refractivity contribution is -0.142. The molecule has 0 radical (unpaired) electrons. The molecule has 4 heterocycles. The fourth-order valence-electron chi connectivity index (χ4n) is 3.93. The van der Waals surface area contributed by atoms with Crippen molar-refractivity contribution in [2.45, 2.75) is 13.0 Å². The zero-order valence-corrected chi connectivity index (χ0v) is 16.7. The van der Waals surface area contributed by atoms with E-state index in [9.17, 15) is 9.59 Å². The Morgan fingerprint density at radius 2 is 1.87 bits per heavy atom. The van der Waals surface area contributed by atoms with E-state index in [0.29, 0.717) is 49.1 Å². The van der Waals surface area contributed by atoms with Crippen LogP contribution in [0.15, 0.2) is 48.7 Å². The van der Waals surface area contributed by atoms with Gasteiger partial charge in [-0.3, -0.25) is 14.5 Å². The second-order valence-electron chi connectivity index (χ2n) is 7.45. The molecule has 1 aromatic carbocycles. The van der Waals surface area contributed by atoms with E-state index in [1.165, 1.54) is 0 Å². The van der Waals surface area contributed by atoms with Crippen LogP contribution < -0.4 is 9.64 Å². The second kappa shape index (κ2) is 7.46. The van der Waals surface area contributed by atoms with Crippen LogP contribution >= 0.6 is 0 Å². The number of pyridine rings is 1. The Labute approximate surface area is 173 Å². The first-order chi connectivity index (χ1) is 14.6. The lowest BCUT2D eigenvalue weighted by atomic mass is 10.1. The van der Waals surface area contributed by atoms with Gasteiger partial charge in [-0.15, -0.1) is 0 Å². The first kappa shape index (κ1) is 18.6. The Morgan fingerprint density at radius 3 is 2.67 bits per heavy atom. The van der Waals surface area contributed by atoms with Gasteiger partial charge in [-0.2, -0.15) is 0 Å². The highest BCUT2D eigenvalue weighted by molar-refractivity contribution is 6.07. The van der Waals surface area contributed by atoms with E-state index >= 15 is 0 Å². The molecule has 30 heavy (non-hydrogen) atoms. The Morgan fingerprint density at radius 1 is 1.07 bits per heavy atom. The number of imidazole rings is 1. The first-order valence-corrected chi connectivity index (χ1v) is 10.0. The minimum absolute atomic E-state index is 0.128. The molecular weight excluding hydrogens is 384 g/mol. The number of anilines is 1. The van der Waals surface area contributed by atoms with Crippen LogP contribution in [0, 0.1) is 6.92 Å². The number of amides is 2. The number of para-hydroxylation sites is 2. The molecule has 1 saturated heterocycles. The highest BCUT2D eigenvalue weighted by Crippen LogP contribution is 2.34. The number of rotatable bonds is 2. The zero-order valence-electron chi connectivity index (χ0n) is 16.7. The summed E-state index contributed by atoms with van der Waals surface area (Å²) in [5.74, 6) is 0.133. The summed E-state index contributed by atoms with van der Waals surface area (Å²) in [4.78, 5) is 34.3. The molecule has 154 valence electrons. The van der Waals surface area contributed by atoms with Gasteiger partial charge in [0, 0.05) is 25.0 Å². The van der Waals surface area contributed by atoms with E-state index in [2.05, 4.69) is 4.98 Å². The van der Waals surface area contributed by atoms with Gasteiger partial charge >= 0.3 is 0 Å². The van der Waals surface area contributed by atoms with Crippen LogP contribution in [0.2, 0.25) is 0 Å². The smallest absolute Gasteiger partial charge is 0.278 e. The van der Waals surface area contributed by atoms with Crippen molar-refractivity contribution in [1.82, 2.24) is 14.3 Å². The maximum absolute atomic E-state index is 13.4. The van der Waals surface area contributed by atoms with Crippen molar-refractivity contribution in [3.05, 3.63) is 60.0 Å². The molecular formula is C22H22N4O4. The largest absolute Gasteiger partial charge is 0.476 e. The number of morpholine rings is 1. The summed E-state index contributed by atoms with van der Waals surface area (Å²) in [6, 6.07) is 13.0. The molecule has 5 rings (SSSR count). The summed E-state index contributed by atoms with van der Waals surface area (Å²) in [7, 11) is 0. The summed E-state index contributed by atoms with van der Waals surface area (Å²) in [6.45, 7) is 4.18. The molecule has 2 aromatic heterocycles. The van der Waals surface area contributed by atoms with Crippen LogP contribution in [0.4, 0.5) is 5.69 Å². The van der Waals surface area contributed by atoms with Gasteiger partial charge in [0.15, 0.2) is 6.10 Å². The molecule has 8 heteroatoms. The molecule has 1 fully saturated rings. The molecule has 3 aromatic rings. The molecule has 8 nitrogen and oxygen atoms in total. The summed E-state index contributed by atoms with van der Waals surface area (Å²) < 4.78 is 13.2. The maximum Gasteiger partial charge on any atom is 0.278 e. The normalized spacial score (nSPS) is 18.8. The molecule has 2 amide bonds. The molecule has 0 spiro atoms. The molecule has 0 bridgehead atoms. The number of benzene rings is 1. The van der Waals surface area contributed by atoms with Crippen molar-refractivity contribution in [2.75, 3.05) is 37.7 Å². The molecule has 2 aliphatic heterocycles. The lowest BCUT2D eigenvalue weighted by Crippen LogP contribution is -2.54. The van der Waals surface area contributed by atoms with Crippen molar-refractivity contribution < 1.29 is 19.1 Å². The number of hydrogen-bond donors (Lipinski definition) is 0. The fraction of sp³-hybridized carbons (Fsp3) is 0.318. The quantitative estimate of drug-likeness (QED) is 0.650. The minimum Gasteiger partial charge on any atom is -0.476 e. The zero-order chi connectivity index (χ0) is 20.7. The van der Waals surface area contributed by atoms with E-state index in [0.717, 1.165) is 5.69 Å². The topological polar surface area (TPSA) is 76.4 Å². The third kappa shape index (κ3) is 3.19. The minimum atomic E-state index is -0.763. The Hall–Kier alpha value is -3.39. The molecule has 0 unspecified atom stereocenters. The van der Waals surface area contributed by atoms with Crippen molar-refractivity contribution in [2.24, 2.45) is 0 Å². The van der Waals surface area contributed by atoms with Gasteiger partial charge in [0.2, 0.25) is 0 Å². The van der Waals surface area contributed by atoms with Gasteiger partial charge in [0.05, 0.1) is 25.4 Å². The standard InChI is InChI=1S/C22H22N4O4/c1-15-5-4-8-20-23-16(13-25(15)20)21(27)26-14-19(22(28)24-9-11-29-12-10-24)30-18-7-3-2-6-17(18)26/h2-8,13,19H,9-12,14H2,1H3/t19-/m1/s1. The van der Waals surface area contributed by atoms with Crippen LogP contribution in [-0.4, -0.2) is 65.1 Å². The number of aromatic nitrogens is 2.